The maximum atomic E-state index is 11.8. The molecular formula is C16H15N3O6S. The van der Waals surface area contributed by atoms with Crippen LogP contribution in [0.3, 0.4) is 0 Å². The molecule has 2 aromatic rings. The molecule has 2 amide bonds. The van der Waals surface area contributed by atoms with Crippen LogP contribution in [0, 0.1) is 17.0 Å². The van der Waals surface area contributed by atoms with Gasteiger partial charge in [0.2, 0.25) is 0 Å². The van der Waals surface area contributed by atoms with Gasteiger partial charge in [-0.2, -0.15) is 0 Å². The lowest BCUT2D eigenvalue weighted by atomic mass is 10.3. The number of carbonyl (C=O) groups excluding carboxylic acids is 3. The van der Waals surface area contributed by atoms with E-state index in [2.05, 4.69) is 10.6 Å². The third-order valence-corrected chi connectivity index (χ3v) is 4.06. The number of non-ortho nitro benzene ring substituents is 1. The summed E-state index contributed by atoms with van der Waals surface area (Å²) in [5.74, 6) is -1.83. The van der Waals surface area contributed by atoms with Crippen LogP contribution in [-0.2, 0) is 14.3 Å². The average Bonchev–Trinajstić information content (AvgIpc) is 3.04. The molecule has 0 saturated carbocycles. The second-order valence-electron chi connectivity index (χ2n) is 5.11. The number of benzene rings is 1. The quantitative estimate of drug-likeness (QED) is 0.431. The van der Waals surface area contributed by atoms with E-state index in [1.165, 1.54) is 35.6 Å². The zero-order chi connectivity index (χ0) is 19.1. The molecule has 1 heterocycles. The number of rotatable bonds is 7. The number of thiophene rings is 1. The van der Waals surface area contributed by atoms with Gasteiger partial charge in [0, 0.05) is 22.7 Å². The number of nitro groups is 1. The van der Waals surface area contributed by atoms with E-state index in [1.54, 1.807) is 12.1 Å². The molecule has 0 aliphatic carbocycles. The van der Waals surface area contributed by atoms with Gasteiger partial charge < -0.3 is 15.4 Å². The van der Waals surface area contributed by atoms with Crippen LogP contribution >= 0.6 is 11.3 Å². The minimum atomic E-state index is -0.777. The van der Waals surface area contributed by atoms with Gasteiger partial charge in [0.15, 0.2) is 6.61 Å². The lowest BCUT2D eigenvalue weighted by molar-refractivity contribution is -0.384. The topological polar surface area (TPSA) is 128 Å². The van der Waals surface area contributed by atoms with E-state index in [9.17, 15) is 24.5 Å². The van der Waals surface area contributed by atoms with Crippen LogP contribution in [0.5, 0.6) is 0 Å². The Balaban J connectivity index is 1.74. The first-order chi connectivity index (χ1) is 12.3. The number of anilines is 1. The Morgan fingerprint density at radius 2 is 2.00 bits per heavy atom. The first-order valence-electron chi connectivity index (χ1n) is 7.39. The van der Waals surface area contributed by atoms with Crippen molar-refractivity contribution in [3.63, 3.8) is 0 Å². The molecule has 0 aliphatic rings. The molecule has 1 aromatic heterocycles. The van der Waals surface area contributed by atoms with Crippen LogP contribution in [0.15, 0.2) is 36.4 Å². The Hall–Kier alpha value is -3.27. The summed E-state index contributed by atoms with van der Waals surface area (Å²) in [7, 11) is 0. The normalized spacial score (nSPS) is 10.0. The lowest BCUT2D eigenvalue weighted by Crippen LogP contribution is -2.31. The summed E-state index contributed by atoms with van der Waals surface area (Å²) in [5, 5.41) is 15.4. The van der Waals surface area contributed by atoms with Gasteiger partial charge in [-0.3, -0.25) is 24.5 Å². The molecule has 136 valence electrons. The molecule has 0 bridgehead atoms. The van der Waals surface area contributed by atoms with Gasteiger partial charge in [-0.15, -0.1) is 11.3 Å². The fourth-order valence-electron chi connectivity index (χ4n) is 1.89. The van der Waals surface area contributed by atoms with Crippen LogP contribution in [-0.4, -0.2) is 35.9 Å². The van der Waals surface area contributed by atoms with Crippen LogP contribution in [0.4, 0.5) is 11.4 Å². The van der Waals surface area contributed by atoms with E-state index in [0.717, 1.165) is 4.88 Å². The monoisotopic (exact) mass is 377 g/mol. The highest BCUT2D eigenvalue weighted by Gasteiger charge is 2.13. The zero-order valence-electron chi connectivity index (χ0n) is 13.7. The SMILES string of the molecule is Cc1ccc(C(=O)NCC(=O)OCC(=O)Nc2cccc([N+](=O)[O-])c2)s1. The Labute approximate surface area is 152 Å². The van der Waals surface area contributed by atoms with Gasteiger partial charge in [-0.1, -0.05) is 6.07 Å². The molecule has 1 aromatic carbocycles. The maximum absolute atomic E-state index is 11.8. The Bertz CT molecular complexity index is 848. The first-order valence-corrected chi connectivity index (χ1v) is 8.21. The van der Waals surface area contributed by atoms with Crippen molar-refractivity contribution >= 4 is 40.5 Å². The van der Waals surface area contributed by atoms with Gasteiger partial charge in [0.05, 0.1) is 9.80 Å². The number of nitro benzene ring substituents is 1. The molecule has 0 radical (unpaired) electrons. The van der Waals surface area contributed by atoms with Gasteiger partial charge in [-0.25, -0.2) is 0 Å². The largest absolute Gasteiger partial charge is 0.454 e. The molecule has 9 nitrogen and oxygen atoms in total. The second kappa shape index (κ2) is 8.72. The molecule has 0 fully saturated rings. The predicted octanol–water partition coefficient (Wildman–Crippen LogP) is 1.88. The van der Waals surface area contributed by atoms with Crippen LogP contribution in [0.1, 0.15) is 14.5 Å². The summed E-state index contributed by atoms with van der Waals surface area (Å²) < 4.78 is 4.75. The summed E-state index contributed by atoms with van der Waals surface area (Å²) in [6.07, 6.45) is 0. The highest BCUT2D eigenvalue weighted by molar-refractivity contribution is 7.13. The third-order valence-electron chi connectivity index (χ3n) is 3.06. The number of nitrogens with zero attached hydrogens (tertiary/aromatic N) is 1. The van der Waals surface area contributed by atoms with E-state index in [1.807, 2.05) is 6.92 Å². The highest BCUT2D eigenvalue weighted by Crippen LogP contribution is 2.17. The molecule has 2 N–H and O–H groups in total. The van der Waals surface area contributed by atoms with E-state index < -0.39 is 29.3 Å². The van der Waals surface area contributed by atoms with Crippen LogP contribution < -0.4 is 10.6 Å². The van der Waals surface area contributed by atoms with E-state index >= 15 is 0 Å². The van der Waals surface area contributed by atoms with Crippen molar-refractivity contribution in [3.05, 3.63) is 56.3 Å². The van der Waals surface area contributed by atoms with Crippen molar-refractivity contribution in [2.24, 2.45) is 0 Å². The Morgan fingerprint density at radius 1 is 1.23 bits per heavy atom. The number of esters is 1. The zero-order valence-corrected chi connectivity index (χ0v) is 14.5. The van der Waals surface area contributed by atoms with E-state index in [-0.39, 0.29) is 17.9 Å². The van der Waals surface area contributed by atoms with Crippen molar-refractivity contribution < 1.29 is 24.0 Å². The van der Waals surface area contributed by atoms with E-state index in [4.69, 9.17) is 4.74 Å². The lowest BCUT2D eigenvalue weighted by Gasteiger charge is -2.07. The smallest absolute Gasteiger partial charge is 0.325 e. The molecule has 26 heavy (non-hydrogen) atoms. The maximum Gasteiger partial charge on any atom is 0.325 e. The summed E-state index contributed by atoms with van der Waals surface area (Å²) in [5.41, 5.74) is 0.0351. The number of amides is 2. The molecule has 10 heteroatoms. The molecule has 2 rings (SSSR count). The second-order valence-corrected chi connectivity index (χ2v) is 6.40. The standard InChI is InChI=1S/C16H15N3O6S/c1-10-5-6-13(26-10)16(22)17-8-15(21)25-9-14(20)18-11-3-2-4-12(7-11)19(23)24/h2-7H,8-9H2,1H3,(H,17,22)(H,18,20). The van der Waals surface area contributed by atoms with Gasteiger partial charge >= 0.3 is 5.97 Å². The van der Waals surface area contributed by atoms with Crippen molar-refractivity contribution in [1.82, 2.24) is 5.32 Å². The minimum absolute atomic E-state index is 0.175. The van der Waals surface area contributed by atoms with Gasteiger partial charge in [-0.05, 0) is 25.1 Å². The first kappa shape index (κ1) is 19.1. The summed E-state index contributed by atoms with van der Waals surface area (Å²) in [6, 6.07) is 8.79. The summed E-state index contributed by atoms with van der Waals surface area (Å²) >= 11 is 1.29. The minimum Gasteiger partial charge on any atom is -0.454 e. The van der Waals surface area contributed by atoms with Crippen molar-refractivity contribution in [3.8, 4) is 0 Å². The fraction of sp³-hybridized carbons (Fsp3) is 0.188. The third kappa shape index (κ3) is 5.67. The Kier molecular flexibility index (Phi) is 6.39. The number of aryl methyl sites for hydroxylation is 1. The summed E-state index contributed by atoms with van der Waals surface area (Å²) in [6.45, 7) is 0.908. The number of hydrogen-bond donors (Lipinski definition) is 2. The molecule has 0 atom stereocenters. The van der Waals surface area contributed by atoms with Gasteiger partial charge in [0.1, 0.15) is 6.54 Å². The molecule has 0 unspecified atom stereocenters. The number of ether oxygens (including phenoxy) is 1. The van der Waals surface area contributed by atoms with Crippen LogP contribution in [0.2, 0.25) is 0 Å². The molecule has 0 spiro atoms. The number of nitrogens with one attached hydrogen (secondary N) is 2. The number of carbonyl (C=O) groups is 3. The van der Waals surface area contributed by atoms with Gasteiger partial charge in [0.25, 0.3) is 17.5 Å². The van der Waals surface area contributed by atoms with Crippen molar-refractivity contribution in [2.45, 2.75) is 6.92 Å². The van der Waals surface area contributed by atoms with Crippen molar-refractivity contribution in [1.29, 1.82) is 0 Å². The fourth-order valence-corrected chi connectivity index (χ4v) is 2.67. The van der Waals surface area contributed by atoms with Crippen LogP contribution in [0.25, 0.3) is 0 Å². The highest BCUT2D eigenvalue weighted by atomic mass is 32.1. The average molecular weight is 377 g/mol. The van der Waals surface area contributed by atoms with Crippen molar-refractivity contribution in [2.75, 3.05) is 18.5 Å². The predicted molar refractivity (Wildman–Crippen MR) is 94.1 cm³/mol. The molecular weight excluding hydrogens is 362 g/mol. The molecule has 0 saturated heterocycles. The summed E-state index contributed by atoms with van der Waals surface area (Å²) in [4.78, 5) is 46.6. The number of hydrogen-bond acceptors (Lipinski definition) is 7. The van der Waals surface area contributed by atoms with E-state index in [0.29, 0.717) is 4.88 Å². The Morgan fingerprint density at radius 3 is 2.65 bits per heavy atom. The molecule has 0 aliphatic heterocycles.